The lowest BCUT2D eigenvalue weighted by Crippen LogP contribution is -2.47. The van der Waals surface area contributed by atoms with Gasteiger partial charge in [0.1, 0.15) is 0 Å². The van der Waals surface area contributed by atoms with Crippen LogP contribution >= 0.6 is 11.8 Å². The fourth-order valence-electron chi connectivity index (χ4n) is 3.19. The van der Waals surface area contributed by atoms with Crippen molar-refractivity contribution in [1.82, 2.24) is 5.48 Å². The van der Waals surface area contributed by atoms with E-state index in [-0.39, 0.29) is 0 Å². The van der Waals surface area contributed by atoms with Gasteiger partial charge in [-0.25, -0.2) is 5.48 Å². The van der Waals surface area contributed by atoms with Crippen LogP contribution in [0, 0.1) is 5.92 Å². The second-order valence-electron chi connectivity index (χ2n) is 7.36. The van der Waals surface area contributed by atoms with Crippen LogP contribution in [0.4, 0.5) is 0 Å². The molecule has 1 N–H and O–H groups in total. The number of hydrogen-bond donors (Lipinski definition) is 1. The molecule has 1 rings (SSSR count). The van der Waals surface area contributed by atoms with Crippen molar-refractivity contribution >= 4 is 25.4 Å². The molecule has 1 heterocycles. The van der Waals surface area contributed by atoms with Gasteiger partial charge < -0.3 is 8.95 Å². The van der Waals surface area contributed by atoms with Crippen LogP contribution in [-0.2, 0) is 13.7 Å². The molecule has 0 spiro atoms. The van der Waals surface area contributed by atoms with Crippen LogP contribution in [0.25, 0.3) is 0 Å². The molecule has 0 radical (unpaired) electrons. The minimum absolute atomic E-state index is 0.350. The number of hydroxylamine groups is 1. The van der Waals surface area contributed by atoms with Gasteiger partial charge in [-0.3, -0.25) is 4.79 Å². The molecule has 25 heavy (non-hydrogen) atoms. The van der Waals surface area contributed by atoms with Crippen LogP contribution in [0.5, 0.6) is 0 Å². The first kappa shape index (κ1) is 23.2. The quantitative estimate of drug-likeness (QED) is 0.356. The van der Waals surface area contributed by atoms with Crippen molar-refractivity contribution in [1.29, 1.82) is 0 Å². The first-order valence-electron chi connectivity index (χ1n) is 10.3. The SMILES string of the molecule is CCCCCCCC(=O)SCCC[Si]1(C)OCCC(CCC)CNO1. The smallest absolute Gasteiger partial charge is 0.355 e. The zero-order valence-electron chi connectivity index (χ0n) is 16.6. The summed E-state index contributed by atoms with van der Waals surface area (Å²) in [5.41, 5.74) is 3.17. The Balaban J connectivity index is 2.10. The van der Waals surface area contributed by atoms with Crippen molar-refractivity contribution in [3.63, 3.8) is 0 Å². The Hall–Kier alpha value is 0.117. The molecule has 148 valence electrons. The molecule has 1 aliphatic heterocycles. The van der Waals surface area contributed by atoms with Gasteiger partial charge in [-0.05, 0) is 44.2 Å². The van der Waals surface area contributed by atoms with E-state index in [9.17, 15) is 4.79 Å². The molecule has 0 bridgehead atoms. The first-order valence-corrected chi connectivity index (χ1v) is 13.8. The summed E-state index contributed by atoms with van der Waals surface area (Å²) in [6.07, 6.45) is 11.3. The van der Waals surface area contributed by atoms with E-state index in [1.165, 1.54) is 50.3 Å². The van der Waals surface area contributed by atoms with Crippen LogP contribution in [0.3, 0.4) is 0 Å². The summed E-state index contributed by atoms with van der Waals surface area (Å²) >= 11 is 1.50. The molecule has 1 fully saturated rings. The lowest BCUT2D eigenvalue weighted by molar-refractivity contribution is -0.111. The van der Waals surface area contributed by atoms with E-state index in [2.05, 4.69) is 25.9 Å². The van der Waals surface area contributed by atoms with Gasteiger partial charge in [0.2, 0.25) is 0 Å². The third-order valence-electron chi connectivity index (χ3n) is 4.81. The summed E-state index contributed by atoms with van der Waals surface area (Å²) in [4.78, 5) is 11.9. The normalized spacial score (nSPS) is 24.7. The molecule has 0 amide bonds. The minimum atomic E-state index is -2.12. The van der Waals surface area contributed by atoms with Gasteiger partial charge in [0.05, 0.1) is 0 Å². The maximum atomic E-state index is 11.9. The van der Waals surface area contributed by atoms with E-state index in [0.29, 0.717) is 11.0 Å². The highest BCUT2D eigenvalue weighted by atomic mass is 32.2. The Morgan fingerprint density at radius 2 is 1.96 bits per heavy atom. The highest BCUT2D eigenvalue weighted by Gasteiger charge is 2.33. The number of unbranched alkanes of at least 4 members (excludes halogenated alkanes) is 4. The molecule has 2 unspecified atom stereocenters. The van der Waals surface area contributed by atoms with Gasteiger partial charge in [-0.2, -0.15) is 0 Å². The average molecular weight is 390 g/mol. The minimum Gasteiger partial charge on any atom is -0.394 e. The number of carbonyl (C=O) groups excluding carboxylic acids is 1. The van der Waals surface area contributed by atoms with Crippen molar-refractivity contribution in [2.45, 2.75) is 90.6 Å². The molecular weight excluding hydrogens is 350 g/mol. The summed E-state index contributed by atoms with van der Waals surface area (Å²) in [6, 6.07) is 0.954. The average Bonchev–Trinajstić information content (AvgIpc) is 2.57. The van der Waals surface area contributed by atoms with Gasteiger partial charge in [-0.15, -0.1) is 0 Å². The van der Waals surface area contributed by atoms with Crippen LogP contribution < -0.4 is 5.48 Å². The Bertz CT molecular complexity index is 348. The first-order chi connectivity index (χ1) is 12.1. The summed E-state index contributed by atoms with van der Waals surface area (Å²) < 4.78 is 12.0. The molecule has 1 saturated heterocycles. The molecule has 0 saturated carbocycles. The van der Waals surface area contributed by atoms with E-state index in [1.807, 2.05) is 0 Å². The van der Waals surface area contributed by atoms with Gasteiger partial charge >= 0.3 is 8.56 Å². The third-order valence-corrected chi connectivity index (χ3v) is 8.48. The van der Waals surface area contributed by atoms with Crippen molar-refractivity contribution in [2.75, 3.05) is 18.9 Å². The second-order valence-corrected chi connectivity index (χ2v) is 11.8. The summed E-state index contributed by atoms with van der Waals surface area (Å²) in [5, 5.41) is 0.350. The van der Waals surface area contributed by atoms with Gasteiger partial charge in [0.15, 0.2) is 5.12 Å². The predicted octanol–water partition coefficient (Wildman–Crippen LogP) is 5.43. The Morgan fingerprint density at radius 3 is 2.72 bits per heavy atom. The fraction of sp³-hybridized carbons (Fsp3) is 0.947. The maximum Gasteiger partial charge on any atom is 0.355 e. The molecule has 0 aromatic carbocycles. The van der Waals surface area contributed by atoms with Crippen LogP contribution in [0.15, 0.2) is 0 Å². The molecule has 6 heteroatoms. The third kappa shape index (κ3) is 11.4. The van der Waals surface area contributed by atoms with E-state index < -0.39 is 8.56 Å². The number of rotatable bonds is 12. The van der Waals surface area contributed by atoms with E-state index in [1.54, 1.807) is 0 Å². The lowest BCUT2D eigenvalue weighted by atomic mass is 10.0. The largest absolute Gasteiger partial charge is 0.394 e. The highest BCUT2D eigenvalue weighted by Crippen LogP contribution is 2.22. The second kappa shape index (κ2) is 14.2. The summed E-state index contributed by atoms with van der Waals surface area (Å²) in [6.45, 7) is 8.33. The standard InChI is InChI=1S/C19H39NO3SSi/c1-4-6-7-8-9-12-19(21)24-15-10-16-25(3)22-14-13-18(11-5-2)17-20-23-25/h18,20H,4-17H2,1-3H3. The molecule has 0 aromatic rings. The Kier molecular flexibility index (Phi) is 13.2. The zero-order valence-corrected chi connectivity index (χ0v) is 18.4. The zero-order chi connectivity index (χ0) is 18.4. The summed E-state index contributed by atoms with van der Waals surface area (Å²) in [7, 11) is -2.12. The van der Waals surface area contributed by atoms with Crippen molar-refractivity contribution in [2.24, 2.45) is 5.92 Å². The van der Waals surface area contributed by atoms with E-state index in [4.69, 9.17) is 8.95 Å². The number of nitrogens with one attached hydrogen (secondary N) is 1. The monoisotopic (exact) mass is 389 g/mol. The maximum absolute atomic E-state index is 11.9. The number of thioether (sulfide) groups is 1. The topological polar surface area (TPSA) is 47.6 Å². The Morgan fingerprint density at radius 1 is 1.16 bits per heavy atom. The van der Waals surface area contributed by atoms with Gasteiger partial charge in [0.25, 0.3) is 0 Å². The van der Waals surface area contributed by atoms with Gasteiger partial charge in [0, 0.05) is 25.3 Å². The van der Waals surface area contributed by atoms with Crippen molar-refractivity contribution in [3.05, 3.63) is 0 Å². The molecule has 2 atom stereocenters. The van der Waals surface area contributed by atoms with Crippen LogP contribution in [0.1, 0.15) is 78.1 Å². The lowest BCUT2D eigenvalue weighted by Gasteiger charge is -2.31. The molecule has 1 aliphatic rings. The molecule has 0 aromatic heterocycles. The number of hydrogen-bond acceptors (Lipinski definition) is 5. The fourth-order valence-corrected chi connectivity index (χ4v) is 6.31. The highest BCUT2D eigenvalue weighted by molar-refractivity contribution is 8.13. The molecule has 0 aliphatic carbocycles. The van der Waals surface area contributed by atoms with E-state index >= 15 is 0 Å². The molecular formula is C19H39NO3SSi. The van der Waals surface area contributed by atoms with Crippen LogP contribution in [-0.4, -0.2) is 32.6 Å². The van der Waals surface area contributed by atoms with Crippen molar-refractivity contribution < 1.29 is 13.7 Å². The van der Waals surface area contributed by atoms with Crippen LogP contribution in [0.2, 0.25) is 12.6 Å². The number of carbonyl (C=O) groups is 1. The van der Waals surface area contributed by atoms with E-state index in [0.717, 1.165) is 50.6 Å². The van der Waals surface area contributed by atoms with Gasteiger partial charge in [-0.1, -0.05) is 57.7 Å². The predicted molar refractivity (Wildman–Crippen MR) is 110 cm³/mol. The molecule has 4 nitrogen and oxygen atoms in total. The Labute approximate surface area is 160 Å². The summed E-state index contributed by atoms with van der Waals surface area (Å²) in [5.74, 6) is 1.55. The van der Waals surface area contributed by atoms with Crippen molar-refractivity contribution in [3.8, 4) is 0 Å².